The van der Waals surface area contributed by atoms with E-state index < -0.39 is 0 Å². The van der Waals surface area contributed by atoms with Crippen LogP contribution < -0.4 is 5.32 Å². The Balaban J connectivity index is 0.00000169. The van der Waals surface area contributed by atoms with Gasteiger partial charge < -0.3 is 5.32 Å². The molecular formula is C11H17ClIN. The van der Waals surface area contributed by atoms with Crippen LogP contribution in [0, 0.1) is 20.8 Å². The Morgan fingerprint density at radius 1 is 1.14 bits per heavy atom. The maximum atomic E-state index is 3.45. The molecule has 1 aromatic rings. The Hall–Kier alpha value is 0.0400. The van der Waals surface area contributed by atoms with Crippen LogP contribution in [0.5, 0.6) is 0 Å². The molecular weight excluding hydrogens is 308 g/mol. The van der Waals surface area contributed by atoms with Crippen molar-refractivity contribution in [2.45, 2.75) is 20.8 Å². The number of hydrogen-bond donors (Lipinski definition) is 1. The Morgan fingerprint density at radius 2 is 1.64 bits per heavy atom. The Morgan fingerprint density at radius 3 is 2.07 bits per heavy atom. The van der Waals surface area contributed by atoms with Crippen molar-refractivity contribution in [3.05, 3.63) is 28.8 Å². The van der Waals surface area contributed by atoms with Gasteiger partial charge in [0.25, 0.3) is 0 Å². The summed E-state index contributed by atoms with van der Waals surface area (Å²) < 4.78 is 1.14. The molecule has 80 valence electrons. The summed E-state index contributed by atoms with van der Waals surface area (Å²) >= 11 is 2.38. The van der Waals surface area contributed by atoms with E-state index in [-0.39, 0.29) is 12.4 Å². The van der Waals surface area contributed by atoms with Gasteiger partial charge in [-0.15, -0.1) is 12.4 Å². The quantitative estimate of drug-likeness (QED) is 0.657. The summed E-state index contributed by atoms with van der Waals surface area (Å²) in [5.41, 5.74) is 5.35. The highest BCUT2D eigenvalue weighted by Crippen LogP contribution is 2.21. The molecule has 1 rings (SSSR count). The van der Waals surface area contributed by atoms with E-state index in [4.69, 9.17) is 0 Å². The number of aryl methyl sites for hydroxylation is 3. The highest BCUT2D eigenvalue weighted by Gasteiger charge is 2.01. The monoisotopic (exact) mass is 325 g/mol. The molecule has 0 aliphatic heterocycles. The van der Waals surface area contributed by atoms with Crippen LogP contribution in [0.15, 0.2) is 12.1 Å². The fourth-order valence-electron chi connectivity index (χ4n) is 1.63. The zero-order valence-corrected chi connectivity index (χ0v) is 11.8. The molecule has 0 aromatic heterocycles. The molecule has 3 heteroatoms. The lowest BCUT2D eigenvalue weighted by Gasteiger charge is -2.12. The number of benzene rings is 1. The van der Waals surface area contributed by atoms with Crippen LogP contribution in [0.2, 0.25) is 0 Å². The van der Waals surface area contributed by atoms with Crippen molar-refractivity contribution in [1.82, 2.24) is 0 Å². The molecule has 0 unspecified atom stereocenters. The topological polar surface area (TPSA) is 12.0 Å². The Kier molecular flexibility index (Phi) is 6.53. The molecule has 0 spiro atoms. The Labute approximate surface area is 106 Å². The maximum Gasteiger partial charge on any atom is 0.0400 e. The number of anilines is 1. The maximum absolute atomic E-state index is 3.45. The average molecular weight is 326 g/mol. The summed E-state index contributed by atoms with van der Waals surface area (Å²) in [5.74, 6) is 0. The minimum atomic E-state index is 0. The van der Waals surface area contributed by atoms with E-state index in [1.807, 2.05) is 0 Å². The second kappa shape index (κ2) is 6.51. The number of rotatable bonds is 3. The third-order valence-electron chi connectivity index (χ3n) is 2.07. The zero-order chi connectivity index (χ0) is 9.84. The van der Waals surface area contributed by atoms with Gasteiger partial charge in [-0.3, -0.25) is 0 Å². The average Bonchev–Trinajstić information content (AvgIpc) is 2.02. The summed E-state index contributed by atoms with van der Waals surface area (Å²) in [6, 6.07) is 4.45. The van der Waals surface area contributed by atoms with Crippen LogP contribution in [0.1, 0.15) is 16.7 Å². The van der Waals surface area contributed by atoms with Gasteiger partial charge in [0.15, 0.2) is 0 Å². The van der Waals surface area contributed by atoms with Gasteiger partial charge >= 0.3 is 0 Å². The van der Waals surface area contributed by atoms with Gasteiger partial charge in [-0.1, -0.05) is 40.3 Å². The first-order valence-electron chi connectivity index (χ1n) is 4.53. The largest absolute Gasteiger partial charge is 0.384 e. The van der Waals surface area contributed by atoms with Gasteiger partial charge in [-0.05, 0) is 31.9 Å². The lowest BCUT2D eigenvalue weighted by molar-refractivity contribution is 1.20. The Bertz CT molecular complexity index is 276. The summed E-state index contributed by atoms with van der Waals surface area (Å²) in [5, 5.41) is 3.45. The molecule has 0 aliphatic carbocycles. The first-order chi connectivity index (χ1) is 6.15. The number of halogens is 2. The first kappa shape index (κ1) is 14.0. The van der Waals surface area contributed by atoms with Crippen LogP contribution in [-0.2, 0) is 0 Å². The van der Waals surface area contributed by atoms with E-state index >= 15 is 0 Å². The van der Waals surface area contributed by atoms with Crippen LogP contribution in [0.4, 0.5) is 5.69 Å². The van der Waals surface area contributed by atoms with Crippen LogP contribution in [0.3, 0.4) is 0 Å². The molecule has 1 N–H and O–H groups in total. The minimum absolute atomic E-state index is 0. The SMILES string of the molecule is Cc1cc(C)c(NCCI)c(C)c1.Cl. The van der Waals surface area contributed by atoms with Gasteiger partial charge in [-0.2, -0.15) is 0 Å². The molecule has 0 aliphatic rings. The molecule has 0 fully saturated rings. The van der Waals surface area contributed by atoms with E-state index in [0.717, 1.165) is 11.0 Å². The minimum Gasteiger partial charge on any atom is -0.384 e. The highest BCUT2D eigenvalue weighted by atomic mass is 127. The fraction of sp³-hybridized carbons (Fsp3) is 0.455. The van der Waals surface area contributed by atoms with E-state index in [0.29, 0.717) is 0 Å². The molecule has 0 heterocycles. The second-order valence-electron chi connectivity index (χ2n) is 3.39. The summed E-state index contributed by atoms with van der Waals surface area (Å²) in [7, 11) is 0. The van der Waals surface area contributed by atoms with E-state index in [1.165, 1.54) is 22.4 Å². The molecule has 0 saturated carbocycles. The first-order valence-corrected chi connectivity index (χ1v) is 6.05. The predicted octanol–water partition coefficient (Wildman–Crippen LogP) is 3.88. The molecule has 0 bridgehead atoms. The van der Waals surface area contributed by atoms with E-state index in [1.54, 1.807) is 0 Å². The fourth-order valence-corrected chi connectivity index (χ4v) is 1.90. The normalized spacial score (nSPS) is 9.43. The van der Waals surface area contributed by atoms with Crippen molar-refractivity contribution in [2.75, 3.05) is 16.3 Å². The lowest BCUT2D eigenvalue weighted by Crippen LogP contribution is -2.05. The zero-order valence-electron chi connectivity index (χ0n) is 8.86. The number of hydrogen-bond acceptors (Lipinski definition) is 1. The molecule has 14 heavy (non-hydrogen) atoms. The lowest BCUT2D eigenvalue weighted by atomic mass is 10.1. The second-order valence-corrected chi connectivity index (χ2v) is 4.47. The third kappa shape index (κ3) is 3.65. The van der Waals surface area contributed by atoms with Crippen LogP contribution in [0.25, 0.3) is 0 Å². The predicted molar refractivity (Wildman–Crippen MR) is 75.3 cm³/mol. The number of alkyl halides is 1. The van der Waals surface area contributed by atoms with E-state index in [9.17, 15) is 0 Å². The van der Waals surface area contributed by atoms with Crippen molar-refractivity contribution in [3.63, 3.8) is 0 Å². The van der Waals surface area contributed by atoms with Crippen molar-refractivity contribution in [2.24, 2.45) is 0 Å². The van der Waals surface area contributed by atoms with Crippen molar-refractivity contribution >= 4 is 40.7 Å². The van der Waals surface area contributed by atoms with Gasteiger partial charge in [0, 0.05) is 16.7 Å². The van der Waals surface area contributed by atoms with Crippen LogP contribution in [-0.4, -0.2) is 11.0 Å². The van der Waals surface area contributed by atoms with E-state index in [2.05, 4.69) is 60.8 Å². The number of nitrogens with one attached hydrogen (secondary N) is 1. The van der Waals surface area contributed by atoms with Gasteiger partial charge in [0.05, 0.1) is 0 Å². The summed E-state index contributed by atoms with van der Waals surface area (Å²) in [6.45, 7) is 7.51. The molecule has 0 saturated heterocycles. The smallest absolute Gasteiger partial charge is 0.0400 e. The van der Waals surface area contributed by atoms with Gasteiger partial charge in [0.2, 0.25) is 0 Å². The van der Waals surface area contributed by atoms with Crippen molar-refractivity contribution in [1.29, 1.82) is 0 Å². The van der Waals surface area contributed by atoms with Gasteiger partial charge in [0.1, 0.15) is 0 Å². The summed E-state index contributed by atoms with van der Waals surface area (Å²) in [4.78, 5) is 0. The van der Waals surface area contributed by atoms with Gasteiger partial charge in [-0.25, -0.2) is 0 Å². The molecule has 0 amide bonds. The van der Waals surface area contributed by atoms with Crippen molar-refractivity contribution in [3.8, 4) is 0 Å². The highest BCUT2D eigenvalue weighted by molar-refractivity contribution is 14.1. The molecule has 1 aromatic carbocycles. The molecule has 0 atom stereocenters. The third-order valence-corrected chi connectivity index (χ3v) is 2.61. The van der Waals surface area contributed by atoms with Crippen molar-refractivity contribution < 1.29 is 0 Å². The van der Waals surface area contributed by atoms with Crippen LogP contribution >= 0.6 is 35.0 Å². The molecule has 1 nitrogen and oxygen atoms in total. The standard InChI is InChI=1S/C11H16IN.ClH/c1-8-6-9(2)11(10(3)7-8)13-5-4-12;/h6-7,13H,4-5H2,1-3H3;1H. The molecule has 0 radical (unpaired) electrons. The summed E-state index contributed by atoms with van der Waals surface area (Å²) in [6.07, 6.45) is 0.